The van der Waals surface area contributed by atoms with Crippen molar-refractivity contribution < 1.29 is 14.3 Å². The highest BCUT2D eigenvalue weighted by atomic mass is 35.5. The molecule has 0 aliphatic carbocycles. The van der Waals surface area contributed by atoms with Gasteiger partial charge in [0.15, 0.2) is 11.7 Å². The summed E-state index contributed by atoms with van der Waals surface area (Å²) in [6, 6.07) is 12.1. The van der Waals surface area contributed by atoms with Gasteiger partial charge in [-0.05, 0) is 42.5 Å². The molecule has 0 fully saturated rings. The number of thiazole rings is 1. The first-order chi connectivity index (χ1) is 12.0. The summed E-state index contributed by atoms with van der Waals surface area (Å²) in [7, 11) is 0. The average molecular weight is 376 g/mol. The molecule has 3 aromatic rings. The average Bonchev–Trinajstić information content (AvgIpc) is 2.95. The summed E-state index contributed by atoms with van der Waals surface area (Å²) in [5.41, 5.74) is 1.39. The van der Waals surface area contributed by atoms with E-state index >= 15 is 0 Å². The molecular weight excluding hydrogens is 362 g/mol. The zero-order chi connectivity index (χ0) is 17.8. The summed E-state index contributed by atoms with van der Waals surface area (Å²) in [4.78, 5) is 27.4. The zero-order valence-corrected chi connectivity index (χ0v) is 14.8. The van der Waals surface area contributed by atoms with E-state index in [0.717, 1.165) is 10.2 Å². The summed E-state index contributed by atoms with van der Waals surface area (Å²) < 4.78 is 6.26. The van der Waals surface area contributed by atoms with Crippen LogP contribution in [0.25, 0.3) is 10.2 Å². The van der Waals surface area contributed by atoms with E-state index < -0.39 is 0 Å². The first-order valence-electron chi connectivity index (χ1n) is 7.36. The predicted octanol–water partition coefficient (Wildman–Crippen LogP) is 3.93. The van der Waals surface area contributed by atoms with Gasteiger partial charge in [0.25, 0.3) is 5.91 Å². The molecule has 0 aliphatic heterocycles. The number of benzene rings is 2. The lowest BCUT2D eigenvalue weighted by atomic mass is 10.3. The number of halogens is 1. The fourth-order valence-corrected chi connectivity index (χ4v) is 3.16. The molecule has 0 aliphatic rings. The molecule has 2 N–H and O–H groups in total. The van der Waals surface area contributed by atoms with Crippen LogP contribution in [-0.2, 0) is 9.59 Å². The number of hydrogen-bond acceptors (Lipinski definition) is 5. The molecule has 0 atom stereocenters. The largest absolute Gasteiger partial charge is 0.484 e. The summed E-state index contributed by atoms with van der Waals surface area (Å²) >= 11 is 7.14. The van der Waals surface area contributed by atoms with Crippen molar-refractivity contribution in [3.05, 3.63) is 47.5 Å². The van der Waals surface area contributed by atoms with Crippen LogP contribution in [0.3, 0.4) is 0 Å². The van der Waals surface area contributed by atoms with Gasteiger partial charge in [-0.1, -0.05) is 22.9 Å². The first-order valence-corrected chi connectivity index (χ1v) is 8.55. The van der Waals surface area contributed by atoms with Gasteiger partial charge in [-0.15, -0.1) is 0 Å². The van der Waals surface area contributed by atoms with Crippen LogP contribution >= 0.6 is 22.9 Å². The number of aromatic nitrogens is 1. The van der Waals surface area contributed by atoms with Gasteiger partial charge in [0.05, 0.1) is 10.2 Å². The second kappa shape index (κ2) is 7.50. The molecule has 1 heterocycles. The van der Waals surface area contributed by atoms with Crippen LogP contribution in [0.4, 0.5) is 10.8 Å². The van der Waals surface area contributed by atoms with Crippen molar-refractivity contribution in [3.63, 3.8) is 0 Å². The molecule has 2 amide bonds. The number of nitrogens with one attached hydrogen (secondary N) is 2. The fourth-order valence-electron chi connectivity index (χ4n) is 2.08. The van der Waals surface area contributed by atoms with Crippen molar-refractivity contribution in [1.29, 1.82) is 0 Å². The second-order valence-corrected chi connectivity index (χ2v) is 6.64. The van der Waals surface area contributed by atoms with E-state index in [9.17, 15) is 9.59 Å². The molecule has 3 rings (SSSR count). The Morgan fingerprint density at radius 3 is 2.64 bits per heavy atom. The van der Waals surface area contributed by atoms with E-state index in [0.29, 0.717) is 21.6 Å². The Bertz CT molecular complexity index is 925. The molecule has 2 aromatic carbocycles. The molecule has 0 unspecified atom stereocenters. The molecular formula is C17H14ClN3O3S. The molecule has 128 valence electrons. The monoisotopic (exact) mass is 375 g/mol. The molecule has 0 bridgehead atoms. The van der Waals surface area contributed by atoms with Gasteiger partial charge < -0.3 is 15.4 Å². The molecule has 6 nitrogen and oxygen atoms in total. The van der Waals surface area contributed by atoms with E-state index in [1.165, 1.54) is 18.3 Å². The van der Waals surface area contributed by atoms with E-state index in [4.69, 9.17) is 16.3 Å². The van der Waals surface area contributed by atoms with Crippen LogP contribution in [0.1, 0.15) is 6.92 Å². The lowest BCUT2D eigenvalue weighted by Gasteiger charge is -2.07. The first kappa shape index (κ1) is 17.2. The van der Waals surface area contributed by atoms with Crippen molar-refractivity contribution in [1.82, 2.24) is 4.98 Å². The Hall–Kier alpha value is -2.64. The van der Waals surface area contributed by atoms with E-state index in [1.807, 2.05) is 0 Å². The van der Waals surface area contributed by atoms with Gasteiger partial charge in [0, 0.05) is 17.6 Å². The number of hydrogen-bond donors (Lipinski definition) is 2. The maximum atomic E-state index is 12.0. The number of ether oxygens (including phenoxy) is 1. The normalized spacial score (nSPS) is 10.5. The van der Waals surface area contributed by atoms with Crippen molar-refractivity contribution in [2.75, 3.05) is 17.2 Å². The number of nitrogens with zero attached hydrogens (tertiary/aromatic N) is 1. The van der Waals surface area contributed by atoms with Gasteiger partial charge >= 0.3 is 0 Å². The smallest absolute Gasteiger partial charge is 0.262 e. The van der Waals surface area contributed by atoms with E-state index in [1.54, 1.807) is 42.5 Å². The maximum Gasteiger partial charge on any atom is 0.262 e. The number of fused-ring (bicyclic) bond motifs is 1. The summed E-state index contributed by atoms with van der Waals surface area (Å²) in [5.74, 6) is 0.116. The molecule has 0 saturated carbocycles. The number of rotatable bonds is 5. The summed E-state index contributed by atoms with van der Waals surface area (Å²) in [5, 5.41) is 6.55. The maximum absolute atomic E-state index is 12.0. The molecule has 8 heteroatoms. The third-order valence-corrected chi connectivity index (χ3v) is 4.32. The van der Waals surface area contributed by atoms with Gasteiger partial charge in [-0.25, -0.2) is 4.98 Å². The number of amides is 2. The Balaban J connectivity index is 1.62. The Kier molecular flexibility index (Phi) is 5.16. The zero-order valence-electron chi connectivity index (χ0n) is 13.2. The minimum Gasteiger partial charge on any atom is -0.484 e. The van der Waals surface area contributed by atoms with Crippen LogP contribution in [0.2, 0.25) is 5.02 Å². The Morgan fingerprint density at radius 1 is 1.16 bits per heavy atom. The number of carbonyl (C=O) groups is 2. The van der Waals surface area contributed by atoms with Crippen LogP contribution in [0.5, 0.6) is 5.75 Å². The molecule has 25 heavy (non-hydrogen) atoms. The quantitative estimate of drug-likeness (QED) is 0.708. The van der Waals surface area contributed by atoms with Gasteiger partial charge in [0.1, 0.15) is 5.75 Å². The number of carbonyl (C=O) groups excluding carboxylic acids is 2. The summed E-state index contributed by atoms with van der Waals surface area (Å²) in [6.45, 7) is 1.32. The van der Waals surface area contributed by atoms with Crippen molar-refractivity contribution in [2.24, 2.45) is 0 Å². The highest BCUT2D eigenvalue weighted by Gasteiger charge is 2.08. The van der Waals surface area contributed by atoms with Gasteiger partial charge in [-0.3, -0.25) is 9.59 Å². The third-order valence-electron chi connectivity index (χ3n) is 3.14. The lowest BCUT2D eigenvalue weighted by Crippen LogP contribution is -2.20. The minimum atomic E-state index is -0.277. The Morgan fingerprint density at radius 2 is 1.92 bits per heavy atom. The topological polar surface area (TPSA) is 80.3 Å². The standard InChI is InChI=1S/C17H14ClN3O3S/c1-10(22)19-17-21-14-7-4-12(8-15(14)25-17)20-16(23)9-24-13-5-2-11(18)3-6-13/h2-8H,9H2,1H3,(H,20,23)(H,19,21,22). The molecule has 0 saturated heterocycles. The van der Waals surface area contributed by atoms with Crippen molar-refractivity contribution in [3.8, 4) is 5.75 Å². The highest BCUT2D eigenvalue weighted by Crippen LogP contribution is 2.28. The predicted molar refractivity (Wildman–Crippen MR) is 99.5 cm³/mol. The van der Waals surface area contributed by atoms with Crippen LogP contribution in [-0.4, -0.2) is 23.4 Å². The molecule has 1 aromatic heterocycles. The van der Waals surface area contributed by atoms with Crippen molar-refractivity contribution >= 4 is 55.8 Å². The third kappa shape index (κ3) is 4.68. The van der Waals surface area contributed by atoms with Gasteiger partial charge in [0.2, 0.25) is 5.91 Å². The second-order valence-electron chi connectivity index (χ2n) is 5.17. The van der Waals surface area contributed by atoms with Crippen molar-refractivity contribution in [2.45, 2.75) is 6.92 Å². The Labute approximate surface area is 152 Å². The van der Waals surface area contributed by atoms with Crippen LogP contribution in [0, 0.1) is 0 Å². The fraction of sp³-hybridized carbons (Fsp3) is 0.118. The lowest BCUT2D eigenvalue weighted by molar-refractivity contribution is -0.118. The number of anilines is 2. The van der Waals surface area contributed by atoms with Gasteiger partial charge in [-0.2, -0.15) is 0 Å². The molecule has 0 spiro atoms. The van der Waals surface area contributed by atoms with Crippen LogP contribution < -0.4 is 15.4 Å². The highest BCUT2D eigenvalue weighted by molar-refractivity contribution is 7.22. The summed E-state index contributed by atoms with van der Waals surface area (Å²) in [6.07, 6.45) is 0. The minimum absolute atomic E-state index is 0.112. The SMILES string of the molecule is CC(=O)Nc1nc2ccc(NC(=O)COc3ccc(Cl)cc3)cc2s1. The van der Waals surface area contributed by atoms with E-state index in [2.05, 4.69) is 15.6 Å². The van der Waals surface area contributed by atoms with E-state index in [-0.39, 0.29) is 18.4 Å². The molecule has 0 radical (unpaired) electrons. The van der Waals surface area contributed by atoms with Crippen LogP contribution in [0.15, 0.2) is 42.5 Å².